The van der Waals surface area contributed by atoms with E-state index < -0.39 is 6.04 Å². The molecule has 29 heavy (non-hydrogen) atoms. The van der Waals surface area contributed by atoms with Gasteiger partial charge < -0.3 is 15.0 Å². The molecular weight excluding hydrogens is 406 g/mol. The van der Waals surface area contributed by atoms with Crippen LogP contribution in [0.2, 0.25) is 0 Å². The Hall–Kier alpha value is -2.58. The summed E-state index contributed by atoms with van der Waals surface area (Å²) in [6, 6.07) is 14.8. The number of carbonyl (C=O) groups is 2. The summed E-state index contributed by atoms with van der Waals surface area (Å²) in [5.41, 5.74) is 0.800. The summed E-state index contributed by atoms with van der Waals surface area (Å²) in [5.74, 6) is 1.99. The lowest BCUT2D eigenvalue weighted by Gasteiger charge is -2.29. The van der Waals surface area contributed by atoms with Gasteiger partial charge in [-0.25, -0.2) is 4.98 Å². The Labute approximate surface area is 176 Å². The number of para-hydroxylation sites is 1. The molecule has 2 aromatic carbocycles. The van der Waals surface area contributed by atoms with Crippen molar-refractivity contribution in [2.24, 2.45) is 0 Å². The van der Waals surface area contributed by atoms with Gasteiger partial charge in [-0.3, -0.25) is 9.59 Å². The molecule has 0 saturated carbocycles. The average Bonchev–Trinajstić information content (AvgIpc) is 3.35. The van der Waals surface area contributed by atoms with Gasteiger partial charge in [0.2, 0.25) is 11.8 Å². The molecule has 5 rings (SSSR count). The number of thioether (sulfide) groups is 1. The van der Waals surface area contributed by atoms with Crippen LogP contribution < -0.4 is 10.1 Å². The molecule has 2 fully saturated rings. The summed E-state index contributed by atoms with van der Waals surface area (Å²) in [7, 11) is 0. The van der Waals surface area contributed by atoms with E-state index in [1.54, 1.807) is 16.7 Å². The van der Waals surface area contributed by atoms with Crippen molar-refractivity contribution in [3.05, 3.63) is 48.5 Å². The largest absolute Gasteiger partial charge is 0.457 e. The topological polar surface area (TPSA) is 71.5 Å². The van der Waals surface area contributed by atoms with Crippen molar-refractivity contribution in [1.29, 1.82) is 0 Å². The van der Waals surface area contributed by atoms with Crippen LogP contribution in [-0.4, -0.2) is 38.4 Å². The van der Waals surface area contributed by atoms with E-state index in [4.69, 9.17) is 4.74 Å². The summed E-state index contributed by atoms with van der Waals surface area (Å²) in [6.07, 6.45) is 1.31. The van der Waals surface area contributed by atoms with Gasteiger partial charge in [-0.05, 0) is 37.6 Å². The van der Waals surface area contributed by atoms with Crippen LogP contribution in [0.1, 0.15) is 19.8 Å². The second kappa shape index (κ2) is 7.03. The Balaban J connectivity index is 1.33. The monoisotopic (exact) mass is 425 g/mol. The number of aromatic nitrogens is 1. The molecule has 6 nitrogen and oxygen atoms in total. The quantitative estimate of drug-likeness (QED) is 0.667. The lowest BCUT2D eigenvalue weighted by atomic mass is 10.2. The van der Waals surface area contributed by atoms with Gasteiger partial charge in [-0.15, -0.1) is 11.8 Å². The van der Waals surface area contributed by atoms with Crippen molar-refractivity contribution >= 4 is 50.3 Å². The predicted molar refractivity (Wildman–Crippen MR) is 115 cm³/mol. The van der Waals surface area contributed by atoms with Gasteiger partial charge in [0.05, 0.1) is 15.1 Å². The number of amides is 2. The highest BCUT2D eigenvalue weighted by molar-refractivity contribution is 8.01. The first-order valence-corrected chi connectivity index (χ1v) is 11.2. The number of nitrogens with zero attached hydrogens (tertiary/aromatic N) is 2. The van der Waals surface area contributed by atoms with E-state index >= 15 is 0 Å². The van der Waals surface area contributed by atoms with E-state index in [9.17, 15) is 9.59 Å². The number of hydrogen-bond donors (Lipinski definition) is 1. The van der Waals surface area contributed by atoms with Crippen LogP contribution in [0.5, 0.6) is 11.5 Å². The van der Waals surface area contributed by atoms with Gasteiger partial charge in [0, 0.05) is 18.2 Å². The van der Waals surface area contributed by atoms with Gasteiger partial charge in [-0.1, -0.05) is 29.5 Å². The molecule has 2 aliphatic rings. The molecule has 2 saturated heterocycles. The standard InChI is InChI=1S/C21H19N3O3S2/c1-21-10-9-18(25)24(21)16(12-28-21)19(26)23-20-22-15-8-7-14(11-17(15)29-20)27-13-5-3-2-4-6-13/h2-8,11,16H,9-10,12H2,1H3,(H,22,23,26). The number of thiazole rings is 1. The van der Waals surface area contributed by atoms with E-state index in [2.05, 4.69) is 10.3 Å². The van der Waals surface area contributed by atoms with Crippen LogP contribution in [0.25, 0.3) is 10.2 Å². The van der Waals surface area contributed by atoms with Crippen LogP contribution >= 0.6 is 23.1 Å². The van der Waals surface area contributed by atoms with Crippen LogP contribution in [0.3, 0.4) is 0 Å². The molecule has 3 heterocycles. The smallest absolute Gasteiger partial charge is 0.249 e. The van der Waals surface area contributed by atoms with Crippen molar-refractivity contribution in [2.75, 3.05) is 11.1 Å². The molecule has 1 N–H and O–H groups in total. The van der Waals surface area contributed by atoms with E-state index in [-0.39, 0.29) is 16.7 Å². The first-order valence-electron chi connectivity index (χ1n) is 9.42. The molecule has 3 aromatic rings. The fourth-order valence-corrected chi connectivity index (χ4v) is 6.18. The van der Waals surface area contributed by atoms with Crippen molar-refractivity contribution in [3.8, 4) is 11.5 Å². The van der Waals surface area contributed by atoms with Crippen molar-refractivity contribution in [1.82, 2.24) is 9.88 Å². The number of rotatable bonds is 4. The number of fused-ring (bicyclic) bond motifs is 2. The zero-order valence-electron chi connectivity index (χ0n) is 15.8. The van der Waals surface area contributed by atoms with Gasteiger partial charge in [0.25, 0.3) is 0 Å². The number of carbonyl (C=O) groups excluding carboxylic acids is 2. The Morgan fingerprint density at radius 3 is 2.90 bits per heavy atom. The first kappa shape index (κ1) is 18.4. The summed E-state index contributed by atoms with van der Waals surface area (Å²) in [6.45, 7) is 2.04. The minimum atomic E-state index is -0.441. The Morgan fingerprint density at radius 2 is 2.07 bits per heavy atom. The normalized spacial score (nSPS) is 23.4. The minimum absolute atomic E-state index is 0.0599. The zero-order valence-corrected chi connectivity index (χ0v) is 17.4. The van der Waals surface area contributed by atoms with Crippen LogP contribution in [0.15, 0.2) is 48.5 Å². The molecule has 148 valence electrons. The number of anilines is 1. The highest BCUT2D eigenvalue weighted by atomic mass is 32.2. The molecule has 0 bridgehead atoms. The molecule has 2 unspecified atom stereocenters. The summed E-state index contributed by atoms with van der Waals surface area (Å²) in [4.78, 5) is 31.1. The fraction of sp³-hybridized carbons (Fsp3) is 0.286. The van der Waals surface area contributed by atoms with Crippen LogP contribution in [0, 0.1) is 0 Å². The lowest BCUT2D eigenvalue weighted by molar-refractivity contribution is -0.135. The zero-order chi connectivity index (χ0) is 20.0. The molecule has 2 aliphatic heterocycles. The molecule has 2 amide bonds. The third-order valence-corrected chi connectivity index (χ3v) is 7.76. The second-order valence-corrected chi connectivity index (χ2v) is 9.85. The highest BCUT2D eigenvalue weighted by Crippen LogP contribution is 2.47. The highest BCUT2D eigenvalue weighted by Gasteiger charge is 2.52. The number of nitrogens with one attached hydrogen (secondary N) is 1. The third-order valence-electron chi connectivity index (χ3n) is 5.32. The van der Waals surface area contributed by atoms with Gasteiger partial charge >= 0.3 is 0 Å². The van der Waals surface area contributed by atoms with Crippen molar-refractivity contribution in [3.63, 3.8) is 0 Å². The number of hydrogen-bond acceptors (Lipinski definition) is 6. The van der Waals surface area contributed by atoms with Crippen molar-refractivity contribution < 1.29 is 14.3 Å². The SMILES string of the molecule is CC12CCC(=O)N1C(C(=O)Nc1nc3ccc(Oc4ccccc4)cc3s1)CS2. The van der Waals surface area contributed by atoms with Gasteiger partial charge in [0.1, 0.15) is 17.5 Å². The summed E-state index contributed by atoms with van der Waals surface area (Å²) in [5, 5.41) is 3.45. The predicted octanol–water partition coefficient (Wildman–Crippen LogP) is 4.48. The molecule has 8 heteroatoms. The molecule has 0 aliphatic carbocycles. The molecule has 0 spiro atoms. The van der Waals surface area contributed by atoms with Crippen LogP contribution in [0.4, 0.5) is 5.13 Å². The second-order valence-electron chi connectivity index (χ2n) is 7.32. The Kier molecular flexibility index (Phi) is 4.48. The van der Waals surface area contributed by atoms with E-state index in [1.165, 1.54) is 11.3 Å². The van der Waals surface area contributed by atoms with E-state index in [0.29, 0.717) is 17.3 Å². The fourth-order valence-electron chi connectivity index (χ4n) is 3.85. The molecule has 1 aromatic heterocycles. The van der Waals surface area contributed by atoms with Gasteiger partial charge in [0.15, 0.2) is 5.13 Å². The lowest BCUT2D eigenvalue weighted by Crippen LogP contribution is -2.48. The number of ether oxygens (including phenoxy) is 1. The van der Waals surface area contributed by atoms with E-state index in [0.717, 1.165) is 28.1 Å². The van der Waals surface area contributed by atoms with Crippen molar-refractivity contribution in [2.45, 2.75) is 30.7 Å². The molecule has 2 atom stereocenters. The molecule has 0 radical (unpaired) electrons. The maximum atomic E-state index is 12.9. The average molecular weight is 426 g/mol. The Morgan fingerprint density at radius 1 is 1.24 bits per heavy atom. The first-order chi connectivity index (χ1) is 14.0. The van der Waals surface area contributed by atoms with Crippen LogP contribution in [-0.2, 0) is 9.59 Å². The number of benzene rings is 2. The summed E-state index contributed by atoms with van der Waals surface area (Å²) >= 11 is 3.09. The van der Waals surface area contributed by atoms with E-state index in [1.807, 2.05) is 55.5 Å². The van der Waals surface area contributed by atoms with Gasteiger partial charge in [-0.2, -0.15) is 0 Å². The third kappa shape index (κ3) is 3.36. The Bertz CT molecular complexity index is 1100. The maximum Gasteiger partial charge on any atom is 0.249 e. The molecular formula is C21H19N3O3S2. The maximum absolute atomic E-state index is 12.9. The summed E-state index contributed by atoms with van der Waals surface area (Å²) < 4.78 is 6.80. The minimum Gasteiger partial charge on any atom is -0.457 e.